The van der Waals surface area contributed by atoms with Crippen LogP contribution in [0.5, 0.6) is 5.75 Å². The van der Waals surface area contributed by atoms with Crippen molar-refractivity contribution in [2.24, 2.45) is 0 Å². The van der Waals surface area contributed by atoms with Crippen molar-refractivity contribution in [1.82, 2.24) is 9.97 Å². The monoisotopic (exact) mass is 323 g/mol. The fourth-order valence-electron chi connectivity index (χ4n) is 1.95. The first-order valence-corrected chi connectivity index (χ1v) is 8.36. The van der Waals surface area contributed by atoms with Crippen molar-refractivity contribution in [2.45, 2.75) is 25.0 Å². The lowest BCUT2D eigenvalue weighted by Crippen LogP contribution is -2.08. The van der Waals surface area contributed by atoms with Crippen molar-refractivity contribution in [1.29, 1.82) is 0 Å². The van der Waals surface area contributed by atoms with Gasteiger partial charge in [-0.2, -0.15) is 0 Å². The van der Waals surface area contributed by atoms with Crippen molar-refractivity contribution in [2.75, 3.05) is 18.7 Å². The van der Waals surface area contributed by atoms with Gasteiger partial charge in [-0.05, 0) is 24.1 Å². The molecule has 1 unspecified atom stereocenters. The van der Waals surface area contributed by atoms with Gasteiger partial charge in [0.15, 0.2) is 11.6 Å². The number of hydrogen-bond acceptors (Lipinski definition) is 5. The Morgan fingerprint density at radius 2 is 2.18 bits per heavy atom. The standard InChI is InChI=1S/C15H18FN3O2S/c1-4-11-9-18-15(22(3)20)19-14(11)17-8-10-5-6-13(21-2)12(16)7-10/h5-7,9H,4,8H2,1-3H3,(H,17,18,19). The normalized spacial score (nSPS) is 12.0. The first-order chi connectivity index (χ1) is 10.5. The van der Waals surface area contributed by atoms with E-state index >= 15 is 0 Å². The SMILES string of the molecule is CCc1cnc(S(C)=O)nc1NCc1ccc(OC)c(F)c1. The quantitative estimate of drug-likeness (QED) is 0.828. The third-order valence-electron chi connectivity index (χ3n) is 3.16. The molecule has 2 rings (SSSR count). The molecule has 1 aromatic heterocycles. The summed E-state index contributed by atoms with van der Waals surface area (Å²) in [4.78, 5) is 8.35. The fraction of sp³-hybridized carbons (Fsp3) is 0.333. The van der Waals surface area contributed by atoms with Crippen molar-refractivity contribution in [3.8, 4) is 5.75 Å². The predicted octanol–water partition coefficient (Wildman–Crippen LogP) is 2.54. The summed E-state index contributed by atoms with van der Waals surface area (Å²) in [6, 6.07) is 4.78. The molecule has 2 aromatic rings. The van der Waals surface area contributed by atoms with E-state index < -0.39 is 16.6 Å². The van der Waals surface area contributed by atoms with Crippen LogP contribution in [0.15, 0.2) is 29.6 Å². The molecule has 5 nitrogen and oxygen atoms in total. The summed E-state index contributed by atoms with van der Waals surface area (Å²) >= 11 is 0. The molecular formula is C15H18FN3O2S. The lowest BCUT2D eigenvalue weighted by molar-refractivity contribution is 0.386. The number of hydrogen-bond donors (Lipinski definition) is 1. The molecule has 22 heavy (non-hydrogen) atoms. The van der Waals surface area contributed by atoms with Crippen LogP contribution < -0.4 is 10.1 Å². The number of nitrogens with one attached hydrogen (secondary N) is 1. The molecule has 0 spiro atoms. The van der Waals surface area contributed by atoms with Crippen LogP contribution in [0.4, 0.5) is 10.2 Å². The number of benzene rings is 1. The minimum Gasteiger partial charge on any atom is -0.494 e. The Kier molecular flexibility index (Phi) is 5.43. The Labute approximate surface area is 131 Å². The summed E-state index contributed by atoms with van der Waals surface area (Å²) in [5.74, 6) is 0.429. The highest BCUT2D eigenvalue weighted by Crippen LogP contribution is 2.19. The zero-order valence-corrected chi connectivity index (χ0v) is 13.5. The zero-order valence-electron chi connectivity index (χ0n) is 12.7. The molecule has 118 valence electrons. The van der Waals surface area contributed by atoms with E-state index in [1.807, 2.05) is 6.92 Å². The Bertz CT molecular complexity index is 694. The number of ether oxygens (including phenoxy) is 1. The molecular weight excluding hydrogens is 305 g/mol. The van der Waals surface area contributed by atoms with Crippen LogP contribution in [0.3, 0.4) is 0 Å². The first kappa shape index (κ1) is 16.4. The largest absolute Gasteiger partial charge is 0.494 e. The van der Waals surface area contributed by atoms with Gasteiger partial charge in [0, 0.05) is 24.6 Å². The van der Waals surface area contributed by atoms with Crippen LogP contribution in [0, 0.1) is 5.82 Å². The third-order valence-corrected chi connectivity index (χ3v) is 3.87. The molecule has 0 amide bonds. The number of aryl methyl sites for hydroxylation is 1. The van der Waals surface area contributed by atoms with Gasteiger partial charge in [0.05, 0.1) is 17.9 Å². The van der Waals surface area contributed by atoms with E-state index in [1.165, 1.54) is 19.4 Å². The lowest BCUT2D eigenvalue weighted by atomic mass is 10.2. The van der Waals surface area contributed by atoms with E-state index in [-0.39, 0.29) is 10.9 Å². The molecule has 0 bridgehead atoms. The second kappa shape index (κ2) is 7.31. The third kappa shape index (κ3) is 3.79. The molecule has 0 aliphatic rings. The van der Waals surface area contributed by atoms with Gasteiger partial charge in [-0.25, -0.2) is 14.4 Å². The van der Waals surface area contributed by atoms with Gasteiger partial charge in [-0.1, -0.05) is 13.0 Å². The van der Waals surface area contributed by atoms with E-state index in [9.17, 15) is 8.60 Å². The fourth-order valence-corrected chi connectivity index (χ4v) is 2.37. The minimum atomic E-state index is -1.24. The molecule has 0 saturated carbocycles. The maximum Gasteiger partial charge on any atom is 0.220 e. The van der Waals surface area contributed by atoms with Crippen molar-refractivity contribution in [3.05, 3.63) is 41.3 Å². The van der Waals surface area contributed by atoms with Crippen molar-refractivity contribution >= 4 is 16.6 Å². The molecule has 0 saturated heterocycles. The summed E-state index contributed by atoms with van der Waals surface area (Å²) in [5, 5.41) is 3.43. The molecule has 0 radical (unpaired) electrons. The van der Waals surface area contributed by atoms with Gasteiger partial charge in [0.25, 0.3) is 0 Å². The van der Waals surface area contributed by atoms with E-state index in [1.54, 1.807) is 18.3 Å². The zero-order chi connectivity index (χ0) is 16.1. The van der Waals surface area contributed by atoms with Gasteiger partial charge in [0.2, 0.25) is 5.16 Å². The van der Waals surface area contributed by atoms with Crippen LogP contribution in [0.2, 0.25) is 0 Å². The average molecular weight is 323 g/mol. The second-order valence-corrected chi connectivity index (χ2v) is 5.93. The number of halogens is 1. The summed E-state index contributed by atoms with van der Waals surface area (Å²) in [6.45, 7) is 2.39. The topological polar surface area (TPSA) is 64.1 Å². The second-order valence-electron chi connectivity index (χ2n) is 4.66. The van der Waals surface area contributed by atoms with Gasteiger partial charge in [-0.15, -0.1) is 0 Å². The van der Waals surface area contributed by atoms with Crippen LogP contribution >= 0.6 is 0 Å². The number of rotatable bonds is 6. The Balaban J connectivity index is 2.18. The van der Waals surface area contributed by atoms with E-state index in [0.29, 0.717) is 12.4 Å². The molecule has 0 fully saturated rings. The maximum absolute atomic E-state index is 13.7. The molecule has 7 heteroatoms. The Morgan fingerprint density at radius 1 is 1.41 bits per heavy atom. The summed E-state index contributed by atoms with van der Waals surface area (Å²) in [5.41, 5.74) is 1.68. The average Bonchev–Trinajstić information content (AvgIpc) is 2.52. The molecule has 1 atom stereocenters. The van der Waals surface area contributed by atoms with Crippen LogP contribution in [0.1, 0.15) is 18.1 Å². The summed E-state index contributed by atoms with van der Waals surface area (Å²) in [7, 11) is 0.183. The van der Waals surface area contributed by atoms with E-state index in [4.69, 9.17) is 4.74 Å². The smallest absolute Gasteiger partial charge is 0.220 e. The molecule has 0 aliphatic heterocycles. The minimum absolute atomic E-state index is 0.212. The number of nitrogens with zero attached hydrogens (tertiary/aromatic N) is 2. The first-order valence-electron chi connectivity index (χ1n) is 6.80. The van der Waals surface area contributed by atoms with Gasteiger partial charge >= 0.3 is 0 Å². The molecule has 1 heterocycles. The Morgan fingerprint density at radius 3 is 2.77 bits per heavy atom. The Hall–Kier alpha value is -2.02. The van der Waals surface area contributed by atoms with E-state index in [0.717, 1.165) is 17.5 Å². The lowest BCUT2D eigenvalue weighted by Gasteiger charge is -2.11. The van der Waals surface area contributed by atoms with Gasteiger partial charge in [0.1, 0.15) is 5.82 Å². The summed E-state index contributed by atoms with van der Waals surface area (Å²) < 4.78 is 30.0. The highest BCUT2D eigenvalue weighted by atomic mass is 32.2. The highest BCUT2D eigenvalue weighted by Gasteiger charge is 2.09. The van der Waals surface area contributed by atoms with Crippen LogP contribution in [0.25, 0.3) is 0 Å². The molecule has 0 aliphatic carbocycles. The maximum atomic E-state index is 13.7. The molecule has 1 aromatic carbocycles. The van der Waals surface area contributed by atoms with Crippen LogP contribution in [-0.2, 0) is 23.8 Å². The highest BCUT2D eigenvalue weighted by molar-refractivity contribution is 7.84. The van der Waals surface area contributed by atoms with Crippen molar-refractivity contribution in [3.63, 3.8) is 0 Å². The predicted molar refractivity (Wildman–Crippen MR) is 84.0 cm³/mol. The number of anilines is 1. The van der Waals surface area contributed by atoms with E-state index in [2.05, 4.69) is 15.3 Å². The van der Waals surface area contributed by atoms with Gasteiger partial charge in [-0.3, -0.25) is 4.21 Å². The van der Waals surface area contributed by atoms with Crippen LogP contribution in [-0.4, -0.2) is 27.5 Å². The number of aromatic nitrogens is 2. The molecule has 1 N–H and O–H groups in total. The number of methoxy groups -OCH3 is 1. The van der Waals surface area contributed by atoms with Gasteiger partial charge < -0.3 is 10.1 Å². The van der Waals surface area contributed by atoms with Crippen molar-refractivity contribution < 1.29 is 13.3 Å². The summed E-state index contributed by atoms with van der Waals surface area (Å²) in [6.07, 6.45) is 3.94.